The van der Waals surface area contributed by atoms with Gasteiger partial charge in [0.25, 0.3) is 0 Å². The largest absolute Gasteiger partial charge is 0.444 e. The minimum Gasteiger partial charge on any atom is -0.444 e. The smallest absolute Gasteiger partial charge is 0.410 e. The molecule has 0 spiro atoms. The molecule has 1 atom stereocenters. The van der Waals surface area contributed by atoms with Crippen molar-refractivity contribution < 1.29 is 19.1 Å². The van der Waals surface area contributed by atoms with E-state index in [1.165, 1.54) is 11.8 Å². The van der Waals surface area contributed by atoms with Gasteiger partial charge in [-0.2, -0.15) is 0 Å². The van der Waals surface area contributed by atoms with Crippen molar-refractivity contribution in [3.8, 4) is 0 Å². The number of hydrogen-bond donors (Lipinski definition) is 0. The fraction of sp³-hybridized carbons (Fsp3) is 0.833. The van der Waals surface area contributed by atoms with Crippen LogP contribution in [-0.2, 0) is 14.3 Å². The molecular formula is C18H31N3O4S. The van der Waals surface area contributed by atoms with E-state index in [0.717, 1.165) is 31.9 Å². The normalized spacial score (nSPS) is 22.0. The maximum Gasteiger partial charge on any atom is 0.410 e. The fourth-order valence-corrected chi connectivity index (χ4v) is 3.85. The Hall–Kier alpha value is -1.28. The summed E-state index contributed by atoms with van der Waals surface area (Å²) in [6.45, 7) is 12.4. The van der Waals surface area contributed by atoms with Gasteiger partial charge in [-0.05, 0) is 26.7 Å². The first-order valence-electron chi connectivity index (χ1n) is 9.25. The lowest BCUT2D eigenvalue weighted by atomic mass is 10.1. The number of carbonyl (C=O) groups excluding carboxylic acids is 3. The highest BCUT2D eigenvalue weighted by Crippen LogP contribution is 2.22. The summed E-state index contributed by atoms with van der Waals surface area (Å²) < 4.78 is 5.41. The van der Waals surface area contributed by atoms with Crippen LogP contribution >= 0.6 is 11.8 Å². The van der Waals surface area contributed by atoms with Crippen molar-refractivity contribution in [1.29, 1.82) is 0 Å². The second-order valence-electron chi connectivity index (χ2n) is 8.02. The summed E-state index contributed by atoms with van der Waals surface area (Å²) in [7, 11) is 0. The Morgan fingerprint density at radius 1 is 1.15 bits per heavy atom. The van der Waals surface area contributed by atoms with Gasteiger partial charge in [0.15, 0.2) is 5.12 Å². The molecule has 0 aromatic heterocycles. The SMILES string of the molecule is CC(=O)SCC1CC(=O)N(CCN2CCN(C(=O)OC(C)(C)C)CC2)C1. The molecule has 7 nitrogen and oxygen atoms in total. The van der Waals surface area contributed by atoms with Crippen LogP contribution in [0.4, 0.5) is 4.79 Å². The standard InChI is InChI=1S/C18H31N3O4S/c1-14(22)26-13-15-11-16(23)21(12-15)10-7-19-5-8-20(9-6-19)17(24)25-18(2,3)4/h15H,5-13H2,1-4H3. The van der Waals surface area contributed by atoms with E-state index >= 15 is 0 Å². The Morgan fingerprint density at radius 2 is 1.81 bits per heavy atom. The summed E-state index contributed by atoms with van der Waals surface area (Å²) in [5, 5.41) is 0.110. The number of likely N-dealkylation sites (tertiary alicyclic amines) is 1. The van der Waals surface area contributed by atoms with Gasteiger partial charge in [0.2, 0.25) is 5.91 Å². The van der Waals surface area contributed by atoms with E-state index in [1.54, 1.807) is 11.8 Å². The van der Waals surface area contributed by atoms with E-state index in [2.05, 4.69) is 4.90 Å². The molecule has 2 heterocycles. The lowest BCUT2D eigenvalue weighted by Crippen LogP contribution is -2.51. The maximum absolute atomic E-state index is 12.1. The Labute approximate surface area is 160 Å². The molecule has 2 aliphatic heterocycles. The van der Waals surface area contributed by atoms with E-state index in [4.69, 9.17) is 4.74 Å². The molecule has 2 aliphatic rings. The van der Waals surface area contributed by atoms with Crippen LogP contribution in [0.3, 0.4) is 0 Å². The van der Waals surface area contributed by atoms with Gasteiger partial charge < -0.3 is 14.5 Å². The molecule has 0 aromatic carbocycles. The first kappa shape index (κ1) is 21.0. The Balaban J connectivity index is 1.68. The van der Waals surface area contributed by atoms with Crippen molar-refractivity contribution in [2.75, 3.05) is 51.6 Å². The second kappa shape index (κ2) is 9.08. The van der Waals surface area contributed by atoms with Crippen LogP contribution in [0, 0.1) is 5.92 Å². The van der Waals surface area contributed by atoms with Crippen LogP contribution in [0.2, 0.25) is 0 Å². The van der Waals surface area contributed by atoms with Crippen LogP contribution in [0.5, 0.6) is 0 Å². The number of nitrogens with zero attached hydrogens (tertiary/aromatic N) is 3. The number of hydrogen-bond acceptors (Lipinski definition) is 6. The molecular weight excluding hydrogens is 354 g/mol. The predicted molar refractivity (Wildman–Crippen MR) is 102 cm³/mol. The average molecular weight is 386 g/mol. The molecule has 2 amide bonds. The van der Waals surface area contributed by atoms with Crippen molar-refractivity contribution in [1.82, 2.24) is 14.7 Å². The fourth-order valence-electron chi connectivity index (χ4n) is 3.16. The first-order chi connectivity index (χ1) is 12.1. The lowest BCUT2D eigenvalue weighted by molar-refractivity contribution is -0.128. The molecule has 2 rings (SSSR count). The Bertz CT molecular complexity index is 527. The Kier molecular flexibility index (Phi) is 7.34. The highest BCUT2D eigenvalue weighted by Gasteiger charge is 2.30. The van der Waals surface area contributed by atoms with Crippen molar-refractivity contribution in [2.45, 2.75) is 39.7 Å². The summed E-state index contributed by atoms with van der Waals surface area (Å²) in [5.41, 5.74) is -0.471. The zero-order valence-corrected chi connectivity index (χ0v) is 17.1. The number of carbonyl (C=O) groups is 3. The lowest BCUT2D eigenvalue weighted by Gasteiger charge is -2.36. The third-order valence-electron chi connectivity index (χ3n) is 4.53. The number of amides is 2. The van der Waals surface area contributed by atoms with Crippen LogP contribution < -0.4 is 0 Å². The van der Waals surface area contributed by atoms with Crippen molar-refractivity contribution in [2.24, 2.45) is 5.92 Å². The quantitative estimate of drug-likeness (QED) is 0.717. The van der Waals surface area contributed by atoms with Gasteiger partial charge in [0, 0.05) is 64.9 Å². The molecule has 0 radical (unpaired) electrons. The third kappa shape index (κ3) is 6.79. The summed E-state index contributed by atoms with van der Waals surface area (Å²) in [6.07, 6.45) is 0.296. The van der Waals surface area contributed by atoms with Crippen LogP contribution in [0.15, 0.2) is 0 Å². The van der Waals surface area contributed by atoms with Gasteiger partial charge in [-0.3, -0.25) is 14.5 Å². The van der Waals surface area contributed by atoms with Gasteiger partial charge >= 0.3 is 6.09 Å². The monoisotopic (exact) mass is 385 g/mol. The number of rotatable bonds is 5. The van der Waals surface area contributed by atoms with Crippen LogP contribution in [-0.4, -0.2) is 89.0 Å². The molecule has 8 heteroatoms. The van der Waals surface area contributed by atoms with E-state index < -0.39 is 5.60 Å². The predicted octanol–water partition coefficient (Wildman–Crippen LogP) is 1.67. The van der Waals surface area contributed by atoms with Crippen LogP contribution in [0.25, 0.3) is 0 Å². The highest BCUT2D eigenvalue weighted by atomic mass is 32.2. The van der Waals surface area contributed by atoms with Crippen LogP contribution in [0.1, 0.15) is 34.1 Å². The maximum atomic E-state index is 12.1. The minimum absolute atomic E-state index is 0.110. The molecule has 2 saturated heterocycles. The van der Waals surface area contributed by atoms with Gasteiger partial charge in [0.05, 0.1) is 0 Å². The van der Waals surface area contributed by atoms with Gasteiger partial charge in [0.1, 0.15) is 5.60 Å². The third-order valence-corrected chi connectivity index (χ3v) is 5.57. The Morgan fingerprint density at radius 3 is 2.38 bits per heavy atom. The average Bonchev–Trinajstić information content (AvgIpc) is 2.90. The van der Waals surface area contributed by atoms with Gasteiger partial charge in [-0.25, -0.2) is 4.79 Å². The van der Waals surface area contributed by atoms with Crippen molar-refractivity contribution in [3.63, 3.8) is 0 Å². The molecule has 2 fully saturated rings. The zero-order chi connectivity index (χ0) is 19.3. The first-order valence-corrected chi connectivity index (χ1v) is 10.2. The second-order valence-corrected chi connectivity index (χ2v) is 9.22. The highest BCUT2D eigenvalue weighted by molar-refractivity contribution is 8.13. The van der Waals surface area contributed by atoms with Gasteiger partial charge in [-0.15, -0.1) is 0 Å². The molecule has 0 saturated carbocycles. The van der Waals surface area contributed by atoms with Gasteiger partial charge in [-0.1, -0.05) is 11.8 Å². The topological polar surface area (TPSA) is 70.2 Å². The minimum atomic E-state index is -0.471. The summed E-state index contributed by atoms with van der Waals surface area (Å²) >= 11 is 1.31. The van der Waals surface area contributed by atoms with E-state index in [9.17, 15) is 14.4 Å². The molecule has 26 heavy (non-hydrogen) atoms. The number of ether oxygens (including phenoxy) is 1. The molecule has 1 unspecified atom stereocenters. The number of thioether (sulfide) groups is 1. The number of piperazine rings is 1. The summed E-state index contributed by atoms with van der Waals surface area (Å²) in [5.74, 6) is 1.19. The molecule has 0 aromatic rings. The molecule has 148 valence electrons. The van der Waals surface area contributed by atoms with E-state index in [-0.39, 0.29) is 23.0 Å². The van der Waals surface area contributed by atoms with Crippen molar-refractivity contribution in [3.05, 3.63) is 0 Å². The van der Waals surface area contributed by atoms with Crippen molar-refractivity contribution >= 4 is 28.9 Å². The molecule has 0 bridgehead atoms. The van der Waals surface area contributed by atoms with E-state index in [0.29, 0.717) is 26.1 Å². The molecule has 0 aliphatic carbocycles. The summed E-state index contributed by atoms with van der Waals surface area (Å²) in [6, 6.07) is 0. The molecule has 0 N–H and O–H groups in total. The van der Waals surface area contributed by atoms with E-state index in [1.807, 2.05) is 25.7 Å². The summed E-state index contributed by atoms with van der Waals surface area (Å²) in [4.78, 5) is 41.2. The zero-order valence-electron chi connectivity index (χ0n) is 16.3.